The normalized spacial score (nSPS) is 38.9. The fourth-order valence-electron chi connectivity index (χ4n) is 4.32. The number of benzene rings is 1. The number of aromatic amines is 1. The van der Waals surface area contributed by atoms with Gasteiger partial charge in [-0.1, -0.05) is 18.2 Å². The number of H-pyrrole nitrogens is 1. The Morgan fingerprint density at radius 2 is 1.47 bits per heavy atom. The van der Waals surface area contributed by atoms with Crippen LogP contribution in [0.2, 0.25) is 0 Å². The summed E-state index contributed by atoms with van der Waals surface area (Å²) in [6.45, 7) is -1.12. The Morgan fingerprint density at radius 3 is 2.21 bits per heavy atom. The second-order valence-electron chi connectivity index (χ2n) is 8.48. The summed E-state index contributed by atoms with van der Waals surface area (Å²) < 4.78 is 22.1. The summed E-state index contributed by atoms with van der Waals surface area (Å²) in [4.78, 5) is 3.16. The van der Waals surface area contributed by atoms with Crippen molar-refractivity contribution in [1.82, 2.24) is 4.98 Å². The fraction of sp³-hybridized carbons (Fsp3) is 0.636. The molecule has 0 aliphatic carbocycles. The van der Waals surface area contributed by atoms with E-state index in [2.05, 4.69) is 4.98 Å². The largest absolute Gasteiger partial charge is 0.394 e. The molecule has 4 rings (SSSR count). The zero-order valence-electron chi connectivity index (χ0n) is 18.3. The molecule has 1 aromatic heterocycles. The van der Waals surface area contributed by atoms with Crippen LogP contribution in [0.25, 0.3) is 10.9 Å². The smallest absolute Gasteiger partial charge is 0.187 e. The predicted octanol–water partition coefficient (Wildman–Crippen LogP) is -2.65. The van der Waals surface area contributed by atoms with Crippen molar-refractivity contribution in [3.63, 3.8) is 0 Å². The Hall–Kier alpha value is -1.68. The van der Waals surface area contributed by atoms with Crippen molar-refractivity contribution in [3.8, 4) is 0 Å². The van der Waals surface area contributed by atoms with Gasteiger partial charge >= 0.3 is 0 Å². The predicted molar refractivity (Wildman–Crippen MR) is 114 cm³/mol. The van der Waals surface area contributed by atoms with Crippen molar-refractivity contribution in [2.24, 2.45) is 0 Å². The highest BCUT2D eigenvalue weighted by molar-refractivity contribution is 5.83. The van der Waals surface area contributed by atoms with E-state index < -0.39 is 74.6 Å². The van der Waals surface area contributed by atoms with E-state index in [-0.39, 0.29) is 6.61 Å². The fourth-order valence-corrected chi connectivity index (χ4v) is 4.32. The summed E-state index contributed by atoms with van der Waals surface area (Å²) in [7, 11) is 0. The maximum atomic E-state index is 10.6. The molecule has 190 valence electrons. The molecule has 8 N–H and O–H groups in total. The zero-order valence-corrected chi connectivity index (χ0v) is 18.3. The molecule has 0 saturated carbocycles. The van der Waals surface area contributed by atoms with Gasteiger partial charge in [0.05, 0.1) is 19.8 Å². The molecule has 2 fully saturated rings. The Balaban J connectivity index is 1.37. The van der Waals surface area contributed by atoms with E-state index in [0.717, 1.165) is 16.5 Å². The topological polar surface area (TPSA) is 194 Å². The molecule has 10 atom stereocenters. The quantitative estimate of drug-likeness (QED) is 0.195. The van der Waals surface area contributed by atoms with Gasteiger partial charge in [-0.25, -0.2) is 0 Å². The second kappa shape index (κ2) is 10.9. The van der Waals surface area contributed by atoms with Gasteiger partial charge in [0.1, 0.15) is 48.8 Å². The number of nitrogens with one attached hydrogen (secondary N) is 1. The Morgan fingerprint density at radius 1 is 0.794 bits per heavy atom. The van der Waals surface area contributed by atoms with Crippen LogP contribution in [0.4, 0.5) is 0 Å². The van der Waals surface area contributed by atoms with Gasteiger partial charge in [-0.05, 0) is 18.1 Å². The maximum Gasteiger partial charge on any atom is 0.187 e. The van der Waals surface area contributed by atoms with Gasteiger partial charge in [0.15, 0.2) is 12.6 Å². The van der Waals surface area contributed by atoms with Gasteiger partial charge in [-0.15, -0.1) is 0 Å². The number of fused-ring (bicyclic) bond motifs is 1. The molecule has 2 saturated heterocycles. The molecule has 0 amide bonds. The van der Waals surface area contributed by atoms with Crippen molar-refractivity contribution in [3.05, 3.63) is 36.0 Å². The molecule has 2 aliphatic heterocycles. The minimum absolute atomic E-state index is 0.159. The van der Waals surface area contributed by atoms with E-state index in [9.17, 15) is 35.7 Å². The van der Waals surface area contributed by atoms with E-state index in [0.29, 0.717) is 6.42 Å². The van der Waals surface area contributed by atoms with Crippen molar-refractivity contribution in [2.45, 2.75) is 67.8 Å². The van der Waals surface area contributed by atoms with Crippen LogP contribution in [0.3, 0.4) is 0 Å². The molecule has 0 spiro atoms. The number of aromatic nitrogens is 1. The first kappa shape index (κ1) is 25.4. The average Bonchev–Trinajstić information content (AvgIpc) is 3.26. The number of para-hydroxylation sites is 1. The van der Waals surface area contributed by atoms with Crippen LogP contribution >= 0.6 is 0 Å². The molecule has 2 aromatic rings. The van der Waals surface area contributed by atoms with E-state index in [4.69, 9.17) is 18.9 Å². The molecule has 0 unspecified atom stereocenters. The number of aliphatic hydroxyl groups excluding tert-OH is 7. The molecule has 2 aliphatic rings. The van der Waals surface area contributed by atoms with Crippen LogP contribution < -0.4 is 0 Å². The molecular formula is C22H31NO11. The first-order valence-electron chi connectivity index (χ1n) is 11.1. The molecule has 1 aromatic carbocycles. The summed E-state index contributed by atoms with van der Waals surface area (Å²) in [5, 5.41) is 71.3. The number of hydrogen-bond acceptors (Lipinski definition) is 11. The molecule has 0 bridgehead atoms. The number of aliphatic hydroxyl groups is 7. The zero-order chi connectivity index (χ0) is 24.4. The van der Waals surface area contributed by atoms with E-state index in [1.807, 2.05) is 30.5 Å². The molecule has 0 radical (unpaired) electrons. The van der Waals surface area contributed by atoms with Crippen LogP contribution in [0.1, 0.15) is 5.56 Å². The SMILES string of the molecule is OC[C@H]1O[C@@H](O[C@H]2[C@H](O)[C@@H](O)[C@H](OCCc3c[nH]c4ccccc34)O[C@@H]2CO)[C@H](O)[C@@H](O)[C@@H]1O. The Labute approximate surface area is 194 Å². The third-order valence-electron chi connectivity index (χ3n) is 6.29. The van der Waals surface area contributed by atoms with Crippen molar-refractivity contribution in [1.29, 1.82) is 0 Å². The third kappa shape index (κ3) is 4.98. The molecule has 12 heteroatoms. The highest BCUT2D eigenvalue weighted by Crippen LogP contribution is 2.29. The lowest BCUT2D eigenvalue weighted by atomic mass is 9.97. The monoisotopic (exact) mass is 485 g/mol. The number of rotatable bonds is 8. The van der Waals surface area contributed by atoms with Gasteiger partial charge < -0.3 is 59.7 Å². The van der Waals surface area contributed by atoms with Crippen molar-refractivity contribution < 1.29 is 54.7 Å². The van der Waals surface area contributed by atoms with Crippen molar-refractivity contribution in [2.75, 3.05) is 19.8 Å². The highest BCUT2D eigenvalue weighted by atomic mass is 16.7. The standard InChI is InChI=1S/C22H31NO11/c24-8-13-15(26)16(27)18(29)22(32-13)34-20-14(9-25)33-21(19(30)17(20)28)31-6-5-10-7-23-12-4-2-1-3-11(10)12/h1-4,7,13-30H,5-6,8-9H2/t13-,14-,15-,16+,17-,18-,19-,20-,21-,22+/m1/s1. The average molecular weight is 485 g/mol. The van der Waals surface area contributed by atoms with Gasteiger partial charge in [0.2, 0.25) is 0 Å². The highest BCUT2D eigenvalue weighted by Gasteiger charge is 2.50. The van der Waals surface area contributed by atoms with Crippen molar-refractivity contribution >= 4 is 10.9 Å². The van der Waals surface area contributed by atoms with Crippen LogP contribution in [0, 0.1) is 0 Å². The summed E-state index contributed by atoms with van der Waals surface area (Å²) >= 11 is 0. The van der Waals surface area contributed by atoms with Gasteiger partial charge in [-0.3, -0.25) is 0 Å². The number of hydrogen-bond donors (Lipinski definition) is 8. The van der Waals surface area contributed by atoms with E-state index in [1.54, 1.807) is 0 Å². The third-order valence-corrected chi connectivity index (χ3v) is 6.29. The summed E-state index contributed by atoms with van der Waals surface area (Å²) in [5.74, 6) is 0. The Kier molecular flexibility index (Phi) is 8.17. The summed E-state index contributed by atoms with van der Waals surface area (Å²) in [6, 6.07) is 7.77. The lowest BCUT2D eigenvalue weighted by Gasteiger charge is -2.45. The number of ether oxygens (including phenoxy) is 4. The van der Waals surface area contributed by atoms with Crippen LogP contribution in [0.5, 0.6) is 0 Å². The first-order valence-corrected chi connectivity index (χ1v) is 11.1. The molecule has 12 nitrogen and oxygen atoms in total. The molecule has 34 heavy (non-hydrogen) atoms. The minimum Gasteiger partial charge on any atom is -0.394 e. The van der Waals surface area contributed by atoms with Crippen LogP contribution in [-0.2, 0) is 25.4 Å². The second-order valence-corrected chi connectivity index (χ2v) is 8.48. The lowest BCUT2D eigenvalue weighted by molar-refractivity contribution is -0.359. The van der Waals surface area contributed by atoms with Gasteiger partial charge in [0, 0.05) is 17.1 Å². The lowest BCUT2D eigenvalue weighted by Crippen LogP contribution is -2.64. The molecule has 3 heterocycles. The summed E-state index contributed by atoms with van der Waals surface area (Å²) in [5.41, 5.74) is 1.99. The van der Waals surface area contributed by atoms with Gasteiger partial charge in [0.25, 0.3) is 0 Å². The minimum atomic E-state index is -1.72. The van der Waals surface area contributed by atoms with Gasteiger partial charge in [-0.2, -0.15) is 0 Å². The van der Waals surface area contributed by atoms with E-state index >= 15 is 0 Å². The van der Waals surface area contributed by atoms with E-state index in [1.165, 1.54) is 0 Å². The maximum absolute atomic E-state index is 10.6. The van der Waals surface area contributed by atoms with Crippen LogP contribution in [-0.4, -0.2) is 122 Å². The molecular weight excluding hydrogens is 454 g/mol. The Bertz CT molecular complexity index is 921. The first-order chi connectivity index (χ1) is 16.3. The van der Waals surface area contributed by atoms with Crippen LogP contribution in [0.15, 0.2) is 30.5 Å². The summed E-state index contributed by atoms with van der Waals surface area (Å²) in [6.07, 6.45) is -12.3.